The van der Waals surface area contributed by atoms with Gasteiger partial charge in [-0.25, -0.2) is 0 Å². The van der Waals surface area contributed by atoms with Gasteiger partial charge in [0.05, 0.1) is 5.69 Å². The molecule has 4 heteroatoms. The average molecular weight is 244 g/mol. The molecule has 0 aliphatic heterocycles. The monoisotopic (exact) mass is 244 g/mol. The van der Waals surface area contributed by atoms with Crippen molar-refractivity contribution >= 4 is 5.97 Å². The predicted molar refractivity (Wildman–Crippen MR) is 69.5 cm³/mol. The van der Waals surface area contributed by atoms with Crippen LogP contribution in [0.5, 0.6) is 0 Å². The van der Waals surface area contributed by atoms with Crippen LogP contribution in [0.1, 0.15) is 16.8 Å². The van der Waals surface area contributed by atoms with Crippen LogP contribution in [-0.4, -0.2) is 20.9 Å². The van der Waals surface area contributed by atoms with Gasteiger partial charge in [-0.15, -0.1) is 0 Å². The first-order valence-electron chi connectivity index (χ1n) is 5.80. The summed E-state index contributed by atoms with van der Waals surface area (Å²) in [7, 11) is 0. The molecule has 1 heterocycles. The van der Waals surface area contributed by atoms with Crippen molar-refractivity contribution in [2.24, 2.45) is 0 Å². The van der Waals surface area contributed by atoms with Gasteiger partial charge in [-0.1, -0.05) is 29.3 Å². The van der Waals surface area contributed by atoms with Crippen molar-refractivity contribution in [2.75, 3.05) is 0 Å². The lowest BCUT2D eigenvalue weighted by Gasteiger charge is -2.03. The lowest BCUT2D eigenvalue weighted by atomic mass is 10.0. The number of rotatable bonds is 3. The minimum absolute atomic E-state index is 0.106. The van der Waals surface area contributed by atoms with E-state index in [0.717, 1.165) is 16.8 Å². The molecule has 0 radical (unpaired) electrons. The van der Waals surface area contributed by atoms with E-state index in [1.807, 2.05) is 20.8 Å². The molecule has 2 aromatic rings. The van der Waals surface area contributed by atoms with E-state index in [1.165, 1.54) is 15.8 Å². The van der Waals surface area contributed by atoms with Gasteiger partial charge >= 0.3 is 5.97 Å². The number of carbonyl (C=O) groups is 1. The van der Waals surface area contributed by atoms with E-state index in [4.69, 9.17) is 5.11 Å². The van der Waals surface area contributed by atoms with Crippen LogP contribution in [0.4, 0.5) is 0 Å². The van der Waals surface area contributed by atoms with Crippen LogP contribution in [0.3, 0.4) is 0 Å². The summed E-state index contributed by atoms with van der Waals surface area (Å²) in [5.74, 6) is -0.885. The van der Waals surface area contributed by atoms with Crippen LogP contribution in [0.25, 0.3) is 11.1 Å². The van der Waals surface area contributed by atoms with Gasteiger partial charge in [-0.3, -0.25) is 9.48 Å². The smallest absolute Gasteiger partial charge is 0.325 e. The maximum Gasteiger partial charge on any atom is 0.325 e. The number of carboxylic acid groups (broad SMARTS) is 1. The molecule has 0 saturated carbocycles. The van der Waals surface area contributed by atoms with Crippen molar-refractivity contribution in [1.82, 2.24) is 9.78 Å². The number of nitrogens with zero attached hydrogens (tertiary/aromatic N) is 2. The molecule has 0 atom stereocenters. The topological polar surface area (TPSA) is 55.1 Å². The van der Waals surface area contributed by atoms with Gasteiger partial charge in [0, 0.05) is 11.8 Å². The Balaban J connectivity index is 2.44. The third-order valence-corrected chi connectivity index (χ3v) is 2.78. The number of hydrogen-bond acceptors (Lipinski definition) is 2. The van der Waals surface area contributed by atoms with Gasteiger partial charge in [0.25, 0.3) is 0 Å². The van der Waals surface area contributed by atoms with Crippen LogP contribution >= 0.6 is 0 Å². The maximum atomic E-state index is 10.7. The molecule has 1 aromatic carbocycles. The SMILES string of the molecule is Cc1cc(C)cc(-c2cn(CC(=O)O)nc2C)c1. The Morgan fingerprint density at radius 3 is 2.39 bits per heavy atom. The second-order valence-corrected chi connectivity index (χ2v) is 4.60. The average Bonchev–Trinajstić information content (AvgIpc) is 2.56. The Labute approximate surface area is 106 Å². The fourth-order valence-corrected chi connectivity index (χ4v) is 2.15. The fourth-order valence-electron chi connectivity index (χ4n) is 2.15. The summed E-state index contributed by atoms with van der Waals surface area (Å²) < 4.78 is 1.46. The van der Waals surface area contributed by atoms with E-state index in [1.54, 1.807) is 6.20 Å². The van der Waals surface area contributed by atoms with Crippen molar-refractivity contribution in [3.05, 3.63) is 41.2 Å². The molecule has 0 amide bonds. The zero-order valence-electron chi connectivity index (χ0n) is 10.8. The first-order valence-corrected chi connectivity index (χ1v) is 5.80. The highest BCUT2D eigenvalue weighted by Crippen LogP contribution is 2.24. The number of aromatic nitrogens is 2. The van der Waals surface area contributed by atoms with Crippen LogP contribution in [0, 0.1) is 20.8 Å². The highest BCUT2D eigenvalue weighted by Gasteiger charge is 2.09. The molecule has 0 saturated heterocycles. The zero-order chi connectivity index (χ0) is 13.3. The van der Waals surface area contributed by atoms with E-state index < -0.39 is 5.97 Å². The molecular formula is C14H16N2O2. The van der Waals surface area contributed by atoms with Crippen LogP contribution in [0.2, 0.25) is 0 Å². The van der Waals surface area contributed by atoms with Gasteiger partial charge in [-0.2, -0.15) is 5.10 Å². The van der Waals surface area contributed by atoms with Crippen LogP contribution in [-0.2, 0) is 11.3 Å². The third kappa shape index (κ3) is 2.59. The van der Waals surface area contributed by atoms with Crippen molar-refractivity contribution in [2.45, 2.75) is 27.3 Å². The molecule has 0 aliphatic rings. The molecule has 0 spiro atoms. The Morgan fingerprint density at radius 2 is 1.83 bits per heavy atom. The molecule has 18 heavy (non-hydrogen) atoms. The van der Waals surface area contributed by atoms with Gasteiger partial charge in [-0.05, 0) is 26.3 Å². The lowest BCUT2D eigenvalue weighted by Crippen LogP contribution is -2.08. The molecule has 0 bridgehead atoms. The lowest BCUT2D eigenvalue weighted by molar-refractivity contribution is -0.137. The van der Waals surface area contributed by atoms with E-state index in [2.05, 4.69) is 23.3 Å². The summed E-state index contributed by atoms with van der Waals surface area (Å²) in [6.45, 7) is 5.89. The third-order valence-electron chi connectivity index (χ3n) is 2.78. The second kappa shape index (κ2) is 4.64. The van der Waals surface area contributed by atoms with Crippen molar-refractivity contribution < 1.29 is 9.90 Å². The van der Waals surface area contributed by atoms with Gasteiger partial charge in [0.15, 0.2) is 0 Å². The standard InChI is InChI=1S/C14H16N2O2/c1-9-4-10(2)6-12(5-9)13-7-16(8-14(17)18)15-11(13)3/h4-7H,8H2,1-3H3,(H,17,18). The van der Waals surface area contributed by atoms with Crippen molar-refractivity contribution in [1.29, 1.82) is 0 Å². The molecule has 0 fully saturated rings. The van der Waals surface area contributed by atoms with E-state index >= 15 is 0 Å². The van der Waals surface area contributed by atoms with Crippen molar-refractivity contribution in [3.63, 3.8) is 0 Å². The number of carboxylic acids is 1. The molecular weight excluding hydrogens is 228 g/mol. The largest absolute Gasteiger partial charge is 0.480 e. The van der Waals surface area contributed by atoms with Gasteiger partial charge in [0.1, 0.15) is 6.54 Å². The first-order chi connectivity index (χ1) is 8.45. The Hall–Kier alpha value is -2.10. The Kier molecular flexibility index (Phi) is 3.19. The minimum atomic E-state index is -0.885. The summed E-state index contributed by atoms with van der Waals surface area (Å²) in [5.41, 5.74) is 5.30. The first kappa shape index (κ1) is 12.4. The zero-order valence-corrected chi connectivity index (χ0v) is 10.8. The molecule has 2 rings (SSSR count). The van der Waals surface area contributed by atoms with E-state index in [0.29, 0.717) is 0 Å². The summed E-state index contributed by atoms with van der Waals surface area (Å²) in [6, 6.07) is 6.28. The summed E-state index contributed by atoms with van der Waals surface area (Å²) in [4.78, 5) is 10.7. The molecule has 0 unspecified atom stereocenters. The molecule has 1 N–H and O–H groups in total. The fraction of sp³-hybridized carbons (Fsp3) is 0.286. The summed E-state index contributed by atoms with van der Waals surface area (Å²) >= 11 is 0. The van der Waals surface area contributed by atoms with Crippen molar-refractivity contribution in [3.8, 4) is 11.1 Å². The van der Waals surface area contributed by atoms with Gasteiger partial charge in [0.2, 0.25) is 0 Å². The quantitative estimate of drug-likeness (QED) is 0.902. The number of hydrogen-bond donors (Lipinski definition) is 1. The predicted octanol–water partition coefficient (Wildman–Crippen LogP) is 2.56. The van der Waals surface area contributed by atoms with Crippen LogP contribution in [0.15, 0.2) is 24.4 Å². The molecule has 94 valence electrons. The highest BCUT2D eigenvalue weighted by atomic mass is 16.4. The van der Waals surface area contributed by atoms with Crippen LogP contribution < -0.4 is 0 Å². The molecule has 1 aromatic heterocycles. The number of aliphatic carboxylic acids is 1. The van der Waals surface area contributed by atoms with E-state index in [9.17, 15) is 4.79 Å². The summed E-state index contributed by atoms with van der Waals surface area (Å²) in [5, 5.41) is 13.0. The maximum absolute atomic E-state index is 10.7. The van der Waals surface area contributed by atoms with E-state index in [-0.39, 0.29) is 6.54 Å². The number of aryl methyl sites for hydroxylation is 3. The molecule has 4 nitrogen and oxygen atoms in total. The summed E-state index contributed by atoms with van der Waals surface area (Å²) in [6.07, 6.45) is 1.79. The minimum Gasteiger partial charge on any atom is -0.480 e. The second-order valence-electron chi connectivity index (χ2n) is 4.60. The van der Waals surface area contributed by atoms with Gasteiger partial charge < -0.3 is 5.11 Å². The molecule has 0 aliphatic carbocycles. The highest BCUT2D eigenvalue weighted by molar-refractivity contribution is 5.69. The number of benzene rings is 1. The Bertz CT molecular complexity index is 580. The normalized spacial score (nSPS) is 10.6. The Morgan fingerprint density at radius 1 is 1.22 bits per heavy atom.